The Balaban J connectivity index is 1.88. The van der Waals surface area contributed by atoms with Gasteiger partial charge in [-0.2, -0.15) is 5.26 Å². The Bertz CT molecular complexity index is 1380. The Kier molecular flexibility index (Phi) is 9.27. The van der Waals surface area contributed by atoms with Gasteiger partial charge < -0.3 is 14.8 Å². The summed E-state index contributed by atoms with van der Waals surface area (Å²) in [7, 11) is 0. The quantitative estimate of drug-likeness (QED) is 0.0941. The molecule has 36 heavy (non-hydrogen) atoms. The lowest BCUT2D eigenvalue weighted by molar-refractivity contribution is -0.384. The Labute approximate surface area is 226 Å². The van der Waals surface area contributed by atoms with Crippen molar-refractivity contribution in [3.8, 4) is 17.6 Å². The van der Waals surface area contributed by atoms with E-state index in [9.17, 15) is 20.2 Å². The van der Waals surface area contributed by atoms with Crippen molar-refractivity contribution >= 4 is 57.5 Å². The minimum absolute atomic E-state index is 0.165. The first-order valence-electron chi connectivity index (χ1n) is 10.7. The van der Waals surface area contributed by atoms with Crippen LogP contribution in [0.15, 0.2) is 60.2 Å². The van der Waals surface area contributed by atoms with Gasteiger partial charge in [0.15, 0.2) is 11.5 Å². The first-order valence-corrected chi connectivity index (χ1v) is 12.2. The zero-order chi connectivity index (χ0) is 26.2. The number of nitriles is 1. The van der Waals surface area contributed by atoms with E-state index in [0.717, 1.165) is 5.56 Å². The van der Waals surface area contributed by atoms with Gasteiger partial charge in [-0.05, 0) is 71.8 Å². The third-order valence-electron chi connectivity index (χ3n) is 5.02. The average molecular weight is 618 g/mol. The summed E-state index contributed by atoms with van der Waals surface area (Å²) in [6, 6.07) is 16.8. The fourth-order valence-electron chi connectivity index (χ4n) is 3.20. The van der Waals surface area contributed by atoms with Crippen LogP contribution in [0.4, 0.5) is 11.4 Å². The van der Waals surface area contributed by atoms with E-state index in [0.29, 0.717) is 37.8 Å². The Morgan fingerprint density at radius 3 is 2.64 bits per heavy atom. The number of carbonyl (C=O) groups is 1. The van der Waals surface area contributed by atoms with Crippen LogP contribution in [0.5, 0.6) is 11.5 Å². The topological polar surface area (TPSA) is 114 Å². The van der Waals surface area contributed by atoms with E-state index in [4.69, 9.17) is 21.1 Å². The van der Waals surface area contributed by atoms with Crippen molar-refractivity contribution in [1.29, 1.82) is 5.26 Å². The van der Waals surface area contributed by atoms with Crippen molar-refractivity contribution < 1.29 is 19.2 Å². The Morgan fingerprint density at radius 1 is 1.22 bits per heavy atom. The maximum atomic E-state index is 12.8. The zero-order valence-corrected chi connectivity index (χ0v) is 22.3. The lowest BCUT2D eigenvalue weighted by atomic mass is 10.1. The van der Waals surface area contributed by atoms with Crippen molar-refractivity contribution in [3.05, 3.63) is 95.6 Å². The highest BCUT2D eigenvalue weighted by atomic mass is 127. The number of nitrogens with one attached hydrogen (secondary N) is 1. The SMILES string of the molecule is CCOc1cc(/C=C(\C#N)C(=O)Nc2cc([N+](=O)[O-])ccc2C)cc(I)c1OCc1ccccc1Cl. The highest BCUT2D eigenvalue weighted by molar-refractivity contribution is 14.1. The van der Waals surface area contributed by atoms with E-state index in [-0.39, 0.29) is 23.6 Å². The second kappa shape index (κ2) is 12.4. The van der Waals surface area contributed by atoms with Crippen molar-refractivity contribution in [2.45, 2.75) is 20.5 Å². The van der Waals surface area contributed by atoms with Gasteiger partial charge >= 0.3 is 0 Å². The number of nitro groups is 1. The van der Waals surface area contributed by atoms with Gasteiger partial charge in [0.2, 0.25) is 0 Å². The van der Waals surface area contributed by atoms with E-state index in [1.807, 2.05) is 31.2 Å². The van der Waals surface area contributed by atoms with Crippen LogP contribution in [0.2, 0.25) is 5.02 Å². The molecule has 0 aliphatic rings. The molecule has 0 aliphatic heterocycles. The van der Waals surface area contributed by atoms with E-state index in [1.165, 1.54) is 24.3 Å². The van der Waals surface area contributed by atoms with Crippen LogP contribution in [0.1, 0.15) is 23.6 Å². The van der Waals surface area contributed by atoms with Gasteiger partial charge in [-0.1, -0.05) is 35.9 Å². The highest BCUT2D eigenvalue weighted by Gasteiger charge is 2.17. The molecule has 8 nitrogen and oxygen atoms in total. The molecule has 3 rings (SSSR count). The molecule has 3 aromatic rings. The number of rotatable bonds is 9. The molecule has 3 aromatic carbocycles. The molecule has 0 saturated carbocycles. The number of hydrogen-bond donors (Lipinski definition) is 1. The molecule has 0 fully saturated rings. The molecule has 1 amide bonds. The first-order chi connectivity index (χ1) is 17.2. The molecule has 0 bridgehead atoms. The number of ether oxygens (including phenoxy) is 2. The molecule has 0 saturated heterocycles. The monoisotopic (exact) mass is 617 g/mol. The summed E-state index contributed by atoms with van der Waals surface area (Å²) in [6.07, 6.45) is 1.42. The predicted molar refractivity (Wildman–Crippen MR) is 146 cm³/mol. The van der Waals surface area contributed by atoms with Crippen molar-refractivity contribution in [1.82, 2.24) is 0 Å². The number of hydrogen-bond acceptors (Lipinski definition) is 6. The number of carbonyl (C=O) groups excluding carboxylic acids is 1. The first kappa shape index (κ1) is 27.0. The Morgan fingerprint density at radius 2 is 1.97 bits per heavy atom. The Hall–Kier alpha value is -3.62. The number of anilines is 1. The minimum Gasteiger partial charge on any atom is -0.490 e. The molecule has 184 valence electrons. The van der Waals surface area contributed by atoms with Gasteiger partial charge in [0.05, 0.1) is 20.8 Å². The molecule has 0 spiro atoms. The number of non-ortho nitro benzene ring substituents is 1. The second-order valence-electron chi connectivity index (χ2n) is 7.52. The number of benzene rings is 3. The minimum atomic E-state index is -0.687. The zero-order valence-electron chi connectivity index (χ0n) is 19.4. The molecule has 0 aromatic heterocycles. The lowest BCUT2D eigenvalue weighted by Gasteiger charge is -2.15. The van der Waals surface area contributed by atoms with Gasteiger partial charge in [-0.3, -0.25) is 14.9 Å². The summed E-state index contributed by atoms with van der Waals surface area (Å²) in [5.74, 6) is 0.285. The molecule has 0 aliphatic carbocycles. The van der Waals surface area contributed by atoms with Crippen LogP contribution >= 0.6 is 34.2 Å². The second-order valence-corrected chi connectivity index (χ2v) is 9.09. The molecular formula is C26H21ClIN3O5. The van der Waals surface area contributed by atoms with E-state index in [1.54, 1.807) is 25.1 Å². The van der Waals surface area contributed by atoms with Gasteiger partial charge in [0.25, 0.3) is 11.6 Å². The normalized spacial score (nSPS) is 10.9. The highest BCUT2D eigenvalue weighted by Crippen LogP contribution is 2.36. The molecule has 0 unspecified atom stereocenters. The molecule has 1 N–H and O–H groups in total. The number of halogens is 2. The predicted octanol–water partition coefficient (Wildman–Crippen LogP) is 6.68. The van der Waals surface area contributed by atoms with Crippen LogP contribution in [0, 0.1) is 31.9 Å². The van der Waals surface area contributed by atoms with E-state index in [2.05, 4.69) is 27.9 Å². The van der Waals surface area contributed by atoms with Crippen molar-refractivity contribution in [2.24, 2.45) is 0 Å². The van der Waals surface area contributed by atoms with Crippen molar-refractivity contribution in [3.63, 3.8) is 0 Å². The molecule has 10 heteroatoms. The molecule has 0 heterocycles. The average Bonchev–Trinajstić information content (AvgIpc) is 2.84. The number of nitro benzene ring substituents is 1. The summed E-state index contributed by atoms with van der Waals surface area (Å²) < 4.78 is 12.5. The number of amides is 1. The maximum Gasteiger partial charge on any atom is 0.271 e. The summed E-state index contributed by atoms with van der Waals surface area (Å²) in [5, 5.41) is 23.9. The largest absolute Gasteiger partial charge is 0.490 e. The van der Waals surface area contributed by atoms with Gasteiger partial charge in [0, 0.05) is 22.7 Å². The smallest absolute Gasteiger partial charge is 0.271 e. The molecular weight excluding hydrogens is 597 g/mol. The van der Waals surface area contributed by atoms with E-state index < -0.39 is 10.8 Å². The number of nitrogens with zero attached hydrogens (tertiary/aromatic N) is 2. The van der Waals surface area contributed by atoms with Crippen LogP contribution in [0.3, 0.4) is 0 Å². The summed E-state index contributed by atoms with van der Waals surface area (Å²) >= 11 is 8.33. The molecule has 0 radical (unpaired) electrons. The standard InChI is InChI=1S/C26H21ClIN3O5/c1-3-35-24-12-17(11-22(28)25(24)36-15-18-6-4-5-7-21(18)27)10-19(14-29)26(32)30-23-13-20(31(33)34)9-8-16(23)2/h4-13H,3,15H2,1-2H3,(H,30,32)/b19-10+. The third-order valence-corrected chi connectivity index (χ3v) is 6.19. The van der Waals surface area contributed by atoms with Crippen LogP contribution in [-0.2, 0) is 11.4 Å². The number of aryl methyl sites for hydroxylation is 1. The van der Waals surface area contributed by atoms with Crippen LogP contribution in [-0.4, -0.2) is 17.4 Å². The molecule has 0 atom stereocenters. The van der Waals surface area contributed by atoms with Crippen LogP contribution < -0.4 is 14.8 Å². The fraction of sp³-hybridized carbons (Fsp3) is 0.154. The van der Waals surface area contributed by atoms with Crippen LogP contribution in [0.25, 0.3) is 6.08 Å². The lowest BCUT2D eigenvalue weighted by Crippen LogP contribution is -2.14. The van der Waals surface area contributed by atoms with Gasteiger partial charge in [0.1, 0.15) is 18.2 Å². The van der Waals surface area contributed by atoms with E-state index >= 15 is 0 Å². The summed E-state index contributed by atoms with van der Waals surface area (Å²) in [4.78, 5) is 23.3. The summed E-state index contributed by atoms with van der Waals surface area (Å²) in [6.45, 7) is 4.15. The third kappa shape index (κ3) is 6.74. The maximum absolute atomic E-state index is 12.8. The van der Waals surface area contributed by atoms with Gasteiger partial charge in [-0.25, -0.2) is 0 Å². The fourth-order valence-corrected chi connectivity index (χ4v) is 4.17. The van der Waals surface area contributed by atoms with Gasteiger partial charge in [-0.15, -0.1) is 0 Å². The van der Waals surface area contributed by atoms with Crippen molar-refractivity contribution in [2.75, 3.05) is 11.9 Å². The summed E-state index contributed by atoms with van der Waals surface area (Å²) in [5.41, 5.74) is 1.91.